The Bertz CT molecular complexity index is 396. The Morgan fingerprint density at radius 3 is 2.88 bits per heavy atom. The number of benzene rings is 1. The summed E-state index contributed by atoms with van der Waals surface area (Å²) in [6.45, 7) is 7.24. The van der Waals surface area contributed by atoms with Crippen molar-refractivity contribution in [3.8, 4) is 5.75 Å². The molecule has 1 unspecified atom stereocenters. The molecule has 0 saturated carbocycles. The molecule has 1 aliphatic rings. The molecule has 2 heteroatoms. The van der Waals surface area contributed by atoms with E-state index in [1.807, 2.05) is 12.1 Å². The first kappa shape index (κ1) is 12.4. The smallest absolute Gasteiger partial charge is 0.123 e. The van der Waals surface area contributed by atoms with Crippen molar-refractivity contribution in [3.63, 3.8) is 0 Å². The minimum Gasteiger partial charge on any atom is -0.492 e. The van der Waals surface area contributed by atoms with Gasteiger partial charge in [0, 0.05) is 11.0 Å². The zero-order valence-corrected chi connectivity index (χ0v) is 11.0. The molecule has 1 heterocycles. The van der Waals surface area contributed by atoms with Crippen molar-refractivity contribution < 1.29 is 9.84 Å². The number of unbranched alkanes of at least 4 members (excludes halogenated alkanes) is 1. The van der Waals surface area contributed by atoms with Crippen molar-refractivity contribution in [2.75, 3.05) is 6.61 Å². The Balaban J connectivity index is 2.21. The number of aliphatic hydroxyl groups excluding tert-OH is 1. The molecule has 0 aliphatic carbocycles. The van der Waals surface area contributed by atoms with E-state index in [1.54, 1.807) is 0 Å². The second-order valence-corrected chi connectivity index (χ2v) is 5.59. The van der Waals surface area contributed by atoms with Crippen LogP contribution in [0.4, 0.5) is 0 Å². The molecule has 1 N–H and O–H groups in total. The van der Waals surface area contributed by atoms with Crippen LogP contribution in [0.1, 0.15) is 57.3 Å². The van der Waals surface area contributed by atoms with E-state index < -0.39 is 0 Å². The van der Waals surface area contributed by atoms with Gasteiger partial charge in [0.05, 0.1) is 12.7 Å². The summed E-state index contributed by atoms with van der Waals surface area (Å²) in [6.07, 6.45) is 2.70. The summed E-state index contributed by atoms with van der Waals surface area (Å²) in [5, 5.41) is 10.1. The predicted molar refractivity (Wildman–Crippen MR) is 69.4 cm³/mol. The molecule has 0 radical (unpaired) electrons. The van der Waals surface area contributed by atoms with Gasteiger partial charge in [-0.15, -0.1) is 0 Å². The van der Waals surface area contributed by atoms with Crippen LogP contribution < -0.4 is 4.74 Å². The van der Waals surface area contributed by atoms with Crippen molar-refractivity contribution in [3.05, 3.63) is 29.3 Å². The van der Waals surface area contributed by atoms with Gasteiger partial charge in [0.25, 0.3) is 0 Å². The van der Waals surface area contributed by atoms with E-state index >= 15 is 0 Å². The Morgan fingerprint density at radius 2 is 2.18 bits per heavy atom. The Morgan fingerprint density at radius 1 is 1.41 bits per heavy atom. The molecule has 0 fully saturated rings. The zero-order valence-electron chi connectivity index (χ0n) is 11.0. The first-order valence-electron chi connectivity index (χ1n) is 6.50. The fourth-order valence-electron chi connectivity index (χ4n) is 2.31. The normalized spacial score (nSPS) is 18.6. The van der Waals surface area contributed by atoms with E-state index in [1.165, 1.54) is 5.56 Å². The number of rotatable bonds is 4. The molecule has 1 aliphatic heterocycles. The fourth-order valence-corrected chi connectivity index (χ4v) is 2.31. The summed E-state index contributed by atoms with van der Waals surface area (Å²) in [6, 6.07) is 6.10. The number of hydrogen-bond acceptors (Lipinski definition) is 2. The highest BCUT2D eigenvalue weighted by Gasteiger charge is 2.32. The average Bonchev–Trinajstić information content (AvgIpc) is 2.62. The van der Waals surface area contributed by atoms with Gasteiger partial charge in [0.1, 0.15) is 5.75 Å². The molecule has 94 valence electrons. The van der Waals surface area contributed by atoms with Gasteiger partial charge < -0.3 is 9.84 Å². The van der Waals surface area contributed by atoms with Gasteiger partial charge in [0.15, 0.2) is 0 Å². The number of aliphatic hydroxyl groups is 1. The molecule has 2 rings (SSSR count). The highest BCUT2D eigenvalue weighted by molar-refractivity contribution is 5.45. The van der Waals surface area contributed by atoms with E-state index in [4.69, 9.17) is 4.74 Å². The van der Waals surface area contributed by atoms with Crippen molar-refractivity contribution in [2.24, 2.45) is 0 Å². The van der Waals surface area contributed by atoms with Crippen LogP contribution >= 0.6 is 0 Å². The number of hydrogen-bond donors (Lipinski definition) is 1. The van der Waals surface area contributed by atoms with Gasteiger partial charge in [-0.25, -0.2) is 0 Å². The molecule has 17 heavy (non-hydrogen) atoms. The van der Waals surface area contributed by atoms with Gasteiger partial charge in [-0.2, -0.15) is 0 Å². The molecule has 2 nitrogen and oxygen atoms in total. The average molecular weight is 234 g/mol. The molecule has 1 aromatic carbocycles. The molecule has 0 amide bonds. The maximum Gasteiger partial charge on any atom is 0.123 e. The van der Waals surface area contributed by atoms with Crippen LogP contribution in [0.3, 0.4) is 0 Å². The minimum atomic E-state index is -0.336. The topological polar surface area (TPSA) is 29.5 Å². The van der Waals surface area contributed by atoms with Crippen molar-refractivity contribution in [2.45, 2.75) is 51.6 Å². The van der Waals surface area contributed by atoms with Crippen molar-refractivity contribution in [1.29, 1.82) is 0 Å². The first-order valence-corrected chi connectivity index (χ1v) is 6.50. The molecule has 0 spiro atoms. The SMILES string of the molecule is CCCCC(O)c1ccc2c(c1)C(C)(C)CO2. The monoisotopic (exact) mass is 234 g/mol. The summed E-state index contributed by atoms with van der Waals surface area (Å²) in [5.41, 5.74) is 2.32. The van der Waals surface area contributed by atoms with E-state index in [9.17, 15) is 5.11 Å². The maximum atomic E-state index is 10.1. The quantitative estimate of drug-likeness (QED) is 0.862. The summed E-state index contributed by atoms with van der Waals surface area (Å²) < 4.78 is 5.65. The third-order valence-corrected chi connectivity index (χ3v) is 3.54. The lowest BCUT2D eigenvalue weighted by Crippen LogP contribution is -2.18. The largest absolute Gasteiger partial charge is 0.492 e. The highest BCUT2D eigenvalue weighted by atomic mass is 16.5. The minimum absolute atomic E-state index is 0.0653. The van der Waals surface area contributed by atoms with Crippen LogP contribution in [-0.4, -0.2) is 11.7 Å². The number of ether oxygens (including phenoxy) is 1. The predicted octanol–water partition coefficient (Wildman–Crippen LogP) is 3.58. The molecule has 1 aromatic rings. The van der Waals surface area contributed by atoms with Crippen molar-refractivity contribution in [1.82, 2.24) is 0 Å². The lowest BCUT2D eigenvalue weighted by Gasteiger charge is -2.17. The summed E-state index contributed by atoms with van der Waals surface area (Å²) in [5.74, 6) is 0.974. The zero-order chi connectivity index (χ0) is 12.5. The fraction of sp³-hybridized carbons (Fsp3) is 0.600. The van der Waals surface area contributed by atoms with Crippen LogP contribution in [0, 0.1) is 0 Å². The van der Waals surface area contributed by atoms with Crippen LogP contribution in [0.25, 0.3) is 0 Å². The molecular weight excluding hydrogens is 212 g/mol. The van der Waals surface area contributed by atoms with Gasteiger partial charge >= 0.3 is 0 Å². The second-order valence-electron chi connectivity index (χ2n) is 5.59. The second kappa shape index (κ2) is 4.69. The molecule has 0 saturated heterocycles. The lowest BCUT2D eigenvalue weighted by atomic mass is 9.85. The molecule has 1 atom stereocenters. The molecular formula is C15H22O2. The standard InChI is InChI=1S/C15H22O2/c1-4-5-6-13(16)11-7-8-14-12(9-11)15(2,3)10-17-14/h7-9,13,16H,4-6,10H2,1-3H3. The van der Waals surface area contributed by atoms with E-state index in [0.717, 1.165) is 37.2 Å². The lowest BCUT2D eigenvalue weighted by molar-refractivity contribution is 0.164. The Kier molecular flexibility index (Phi) is 3.43. The van der Waals surface area contributed by atoms with Crippen LogP contribution in [0.2, 0.25) is 0 Å². The summed E-state index contributed by atoms with van der Waals surface area (Å²) in [4.78, 5) is 0. The van der Waals surface area contributed by atoms with Crippen molar-refractivity contribution >= 4 is 0 Å². The first-order chi connectivity index (χ1) is 8.04. The molecule has 0 bridgehead atoms. The van der Waals surface area contributed by atoms with Crippen LogP contribution in [-0.2, 0) is 5.41 Å². The van der Waals surface area contributed by atoms with E-state index in [0.29, 0.717) is 0 Å². The highest BCUT2D eigenvalue weighted by Crippen LogP contribution is 2.39. The van der Waals surface area contributed by atoms with E-state index in [-0.39, 0.29) is 11.5 Å². The third-order valence-electron chi connectivity index (χ3n) is 3.54. The summed E-state index contributed by atoms with van der Waals surface area (Å²) >= 11 is 0. The maximum absolute atomic E-state index is 10.1. The van der Waals surface area contributed by atoms with Gasteiger partial charge in [-0.05, 0) is 24.1 Å². The van der Waals surface area contributed by atoms with E-state index in [2.05, 4.69) is 26.8 Å². The van der Waals surface area contributed by atoms with Crippen LogP contribution in [0.15, 0.2) is 18.2 Å². The Labute approximate surface area is 104 Å². The summed E-state index contributed by atoms with van der Waals surface area (Å²) in [7, 11) is 0. The third kappa shape index (κ3) is 2.47. The number of fused-ring (bicyclic) bond motifs is 1. The van der Waals surface area contributed by atoms with Crippen LogP contribution in [0.5, 0.6) is 5.75 Å². The molecule has 0 aromatic heterocycles. The Hall–Kier alpha value is -1.02. The van der Waals surface area contributed by atoms with Gasteiger partial charge in [-0.1, -0.05) is 39.7 Å². The van der Waals surface area contributed by atoms with Gasteiger partial charge in [0.2, 0.25) is 0 Å². The van der Waals surface area contributed by atoms with Gasteiger partial charge in [-0.3, -0.25) is 0 Å².